The van der Waals surface area contributed by atoms with Crippen molar-refractivity contribution in [3.05, 3.63) is 137 Å². The molecule has 1 aliphatic heterocycles. The maximum atomic E-state index is 13.9. The third kappa shape index (κ3) is 3.84. The fraction of sp³-hybridized carbons (Fsp3) is 0.103. The molecule has 6 heteroatoms. The molecule has 4 aromatic carbocycles. The number of fused-ring (bicyclic) bond motifs is 1. The van der Waals surface area contributed by atoms with E-state index in [2.05, 4.69) is 22.5 Å². The lowest BCUT2D eigenvalue weighted by atomic mass is 9.76. The zero-order valence-corrected chi connectivity index (χ0v) is 19.2. The van der Waals surface area contributed by atoms with Gasteiger partial charge < -0.3 is 9.57 Å². The van der Waals surface area contributed by atoms with Crippen LogP contribution in [0.25, 0.3) is 0 Å². The average molecular weight is 465 g/mol. The minimum Gasteiger partial charge on any atom is -0.428 e. The second-order valence-corrected chi connectivity index (χ2v) is 8.14. The first-order chi connectivity index (χ1) is 17.2. The molecule has 0 saturated heterocycles. The summed E-state index contributed by atoms with van der Waals surface area (Å²) in [5, 5.41) is 0. The van der Waals surface area contributed by atoms with Gasteiger partial charge in [0.2, 0.25) is 0 Å². The summed E-state index contributed by atoms with van der Waals surface area (Å²) in [7, 11) is 1.48. The van der Waals surface area contributed by atoms with Gasteiger partial charge in [0.05, 0.1) is 0 Å². The standard InChI is InChI=1S/C29H24N2O4/c1-30-35-28(33)34-20-21-16-18-23(19-17-21)29(22-10-4-2-5-11-22)26-15-9-8-14-25(26)27(32)31(29)24-12-6-3-7-13-24/h2-19,30H,20H2,1H3. The Balaban J connectivity index is 1.68. The zero-order valence-electron chi connectivity index (χ0n) is 19.2. The lowest BCUT2D eigenvalue weighted by Crippen LogP contribution is -2.46. The van der Waals surface area contributed by atoms with Crippen molar-refractivity contribution in [1.82, 2.24) is 5.48 Å². The molecule has 0 bridgehead atoms. The van der Waals surface area contributed by atoms with Gasteiger partial charge >= 0.3 is 6.16 Å². The highest BCUT2D eigenvalue weighted by molar-refractivity contribution is 6.13. The quantitative estimate of drug-likeness (QED) is 0.305. The fourth-order valence-electron chi connectivity index (χ4n) is 4.78. The van der Waals surface area contributed by atoms with Crippen LogP contribution in [0.3, 0.4) is 0 Å². The Labute approximate surface area is 203 Å². The summed E-state index contributed by atoms with van der Waals surface area (Å²) in [6, 6.07) is 35.3. The third-order valence-corrected chi connectivity index (χ3v) is 6.21. The van der Waals surface area contributed by atoms with E-state index in [1.54, 1.807) is 0 Å². The Morgan fingerprint density at radius 2 is 1.40 bits per heavy atom. The van der Waals surface area contributed by atoms with Crippen LogP contribution >= 0.6 is 0 Å². The molecule has 35 heavy (non-hydrogen) atoms. The van der Waals surface area contributed by atoms with E-state index in [1.807, 2.05) is 102 Å². The number of nitrogens with one attached hydrogen (secondary N) is 1. The number of carbonyl (C=O) groups excluding carboxylic acids is 2. The molecule has 1 amide bonds. The van der Waals surface area contributed by atoms with E-state index in [-0.39, 0.29) is 12.5 Å². The molecule has 174 valence electrons. The molecular weight excluding hydrogens is 440 g/mol. The van der Waals surface area contributed by atoms with E-state index in [9.17, 15) is 9.59 Å². The van der Waals surface area contributed by atoms with E-state index in [4.69, 9.17) is 4.74 Å². The zero-order chi connectivity index (χ0) is 24.3. The molecule has 4 aromatic rings. The summed E-state index contributed by atoms with van der Waals surface area (Å²) in [4.78, 5) is 31.9. The number of nitrogens with zero attached hydrogens (tertiary/aromatic N) is 1. The van der Waals surface area contributed by atoms with Crippen molar-refractivity contribution in [2.24, 2.45) is 0 Å². The highest BCUT2D eigenvalue weighted by Crippen LogP contribution is 2.50. The number of hydroxylamine groups is 1. The minimum absolute atomic E-state index is 0.0575. The van der Waals surface area contributed by atoms with Crippen LogP contribution in [0.5, 0.6) is 0 Å². The van der Waals surface area contributed by atoms with Crippen molar-refractivity contribution < 1.29 is 19.2 Å². The normalized spacial score (nSPS) is 16.6. The number of amides is 1. The Hall–Kier alpha value is -4.42. The van der Waals surface area contributed by atoms with Gasteiger partial charge in [-0.1, -0.05) is 91.0 Å². The van der Waals surface area contributed by atoms with Crippen LogP contribution in [0.15, 0.2) is 109 Å². The van der Waals surface area contributed by atoms with Gasteiger partial charge in [-0.15, -0.1) is 0 Å². The van der Waals surface area contributed by atoms with E-state index < -0.39 is 11.7 Å². The van der Waals surface area contributed by atoms with E-state index in [1.165, 1.54) is 7.05 Å². The van der Waals surface area contributed by atoms with Crippen LogP contribution in [0.4, 0.5) is 10.5 Å². The molecule has 1 atom stereocenters. The molecule has 0 saturated carbocycles. The maximum Gasteiger partial charge on any atom is 0.528 e. The molecule has 0 radical (unpaired) electrons. The molecule has 0 aromatic heterocycles. The lowest BCUT2D eigenvalue weighted by Gasteiger charge is -2.40. The maximum absolute atomic E-state index is 13.9. The summed E-state index contributed by atoms with van der Waals surface area (Å²) < 4.78 is 5.12. The van der Waals surface area contributed by atoms with Gasteiger partial charge in [-0.25, -0.2) is 4.79 Å². The number of ether oxygens (including phenoxy) is 1. The Kier molecular flexibility index (Phi) is 6.04. The fourth-order valence-corrected chi connectivity index (χ4v) is 4.78. The van der Waals surface area contributed by atoms with Gasteiger partial charge in [-0.05, 0) is 40.5 Å². The Morgan fingerprint density at radius 3 is 2.09 bits per heavy atom. The summed E-state index contributed by atoms with van der Waals surface area (Å²) in [6.07, 6.45) is -0.803. The first-order valence-electron chi connectivity index (χ1n) is 11.3. The summed E-state index contributed by atoms with van der Waals surface area (Å²) in [5.41, 5.74) is 6.51. The lowest BCUT2D eigenvalue weighted by molar-refractivity contribution is 0.0198. The molecule has 0 aliphatic carbocycles. The minimum atomic E-state index is -0.874. The Bertz CT molecular complexity index is 1340. The number of para-hydroxylation sites is 1. The summed E-state index contributed by atoms with van der Waals surface area (Å²) >= 11 is 0. The third-order valence-electron chi connectivity index (χ3n) is 6.21. The number of anilines is 1. The molecule has 0 spiro atoms. The monoisotopic (exact) mass is 464 g/mol. The van der Waals surface area contributed by atoms with Crippen LogP contribution in [0.2, 0.25) is 0 Å². The van der Waals surface area contributed by atoms with Crippen LogP contribution in [-0.4, -0.2) is 19.1 Å². The molecule has 1 aliphatic rings. The predicted molar refractivity (Wildman–Crippen MR) is 133 cm³/mol. The van der Waals surface area contributed by atoms with E-state index in [0.29, 0.717) is 5.56 Å². The largest absolute Gasteiger partial charge is 0.528 e. The van der Waals surface area contributed by atoms with Gasteiger partial charge in [0.25, 0.3) is 5.91 Å². The first-order valence-corrected chi connectivity index (χ1v) is 11.3. The van der Waals surface area contributed by atoms with Crippen molar-refractivity contribution >= 4 is 17.7 Å². The van der Waals surface area contributed by atoms with Gasteiger partial charge in [-0.2, -0.15) is 5.48 Å². The van der Waals surface area contributed by atoms with E-state index in [0.717, 1.165) is 27.9 Å². The van der Waals surface area contributed by atoms with Gasteiger partial charge in [0.15, 0.2) is 0 Å². The van der Waals surface area contributed by atoms with Gasteiger partial charge in [0.1, 0.15) is 12.1 Å². The topological polar surface area (TPSA) is 67.9 Å². The van der Waals surface area contributed by atoms with Crippen molar-refractivity contribution in [2.45, 2.75) is 12.1 Å². The summed E-state index contributed by atoms with van der Waals surface area (Å²) in [6.45, 7) is 0.0665. The van der Waals surface area contributed by atoms with Crippen LogP contribution < -0.4 is 10.4 Å². The van der Waals surface area contributed by atoms with Crippen LogP contribution in [-0.2, 0) is 21.7 Å². The van der Waals surface area contributed by atoms with Crippen molar-refractivity contribution in [3.63, 3.8) is 0 Å². The number of hydrogen-bond donors (Lipinski definition) is 1. The number of hydrogen-bond acceptors (Lipinski definition) is 5. The molecule has 0 fully saturated rings. The van der Waals surface area contributed by atoms with Gasteiger partial charge in [0, 0.05) is 18.3 Å². The van der Waals surface area contributed by atoms with Crippen molar-refractivity contribution in [2.75, 3.05) is 11.9 Å². The van der Waals surface area contributed by atoms with Crippen LogP contribution in [0, 0.1) is 0 Å². The first kappa shape index (κ1) is 22.4. The molecule has 1 N–H and O–H groups in total. The number of carbonyl (C=O) groups is 2. The molecule has 5 rings (SSSR count). The number of benzene rings is 4. The molecule has 6 nitrogen and oxygen atoms in total. The molecular formula is C29H24N2O4. The average Bonchev–Trinajstić information content (AvgIpc) is 3.18. The highest BCUT2D eigenvalue weighted by Gasteiger charge is 2.52. The molecule has 1 heterocycles. The molecule has 1 unspecified atom stereocenters. The summed E-state index contributed by atoms with van der Waals surface area (Å²) in [5.74, 6) is -0.0575. The Morgan fingerprint density at radius 1 is 0.800 bits per heavy atom. The van der Waals surface area contributed by atoms with Crippen LogP contribution in [0.1, 0.15) is 32.6 Å². The number of rotatable bonds is 6. The second kappa shape index (κ2) is 9.44. The van der Waals surface area contributed by atoms with Crippen molar-refractivity contribution in [1.29, 1.82) is 0 Å². The highest BCUT2D eigenvalue weighted by atomic mass is 16.8. The van der Waals surface area contributed by atoms with Gasteiger partial charge in [-0.3, -0.25) is 9.69 Å². The predicted octanol–water partition coefficient (Wildman–Crippen LogP) is 5.43. The van der Waals surface area contributed by atoms with Crippen molar-refractivity contribution in [3.8, 4) is 0 Å². The second-order valence-electron chi connectivity index (χ2n) is 8.14. The SMILES string of the molecule is CNOC(=O)OCc1ccc(C2(c3ccccc3)c3ccccc3C(=O)N2c2ccccc2)cc1. The smallest absolute Gasteiger partial charge is 0.428 e. The van der Waals surface area contributed by atoms with E-state index >= 15 is 0 Å².